The number of imidazole rings is 1. The van der Waals surface area contributed by atoms with Gasteiger partial charge in [-0.05, 0) is 69.0 Å². The molecule has 0 amide bonds. The molecule has 2 aromatic heterocycles. The van der Waals surface area contributed by atoms with Gasteiger partial charge in [0.05, 0.1) is 12.1 Å². The van der Waals surface area contributed by atoms with Crippen molar-refractivity contribution in [1.82, 2.24) is 14.5 Å². The van der Waals surface area contributed by atoms with Crippen molar-refractivity contribution in [2.24, 2.45) is 0 Å². The normalized spacial score (nSPS) is 11.7. The number of ether oxygens (including phenoxy) is 1. The molecule has 4 aromatic rings. The Morgan fingerprint density at radius 3 is 2.41 bits per heavy atom. The zero-order valence-electron chi connectivity index (χ0n) is 20.8. The Morgan fingerprint density at radius 1 is 0.971 bits per heavy atom. The van der Waals surface area contributed by atoms with Gasteiger partial charge in [0, 0.05) is 12.1 Å². The number of aromatic nitrogens is 3. The third-order valence-corrected chi connectivity index (χ3v) is 5.72. The molecule has 0 radical (unpaired) electrons. The molecule has 0 atom stereocenters. The molecule has 4 rings (SSSR count). The molecular weight excluding hydrogens is 422 g/mol. The van der Waals surface area contributed by atoms with Crippen LogP contribution < -0.4 is 0 Å². The molecule has 176 valence electrons. The third kappa shape index (κ3) is 5.36. The summed E-state index contributed by atoms with van der Waals surface area (Å²) in [6.45, 7) is 10.6. The second kappa shape index (κ2) is 9.80. The number of benzene rings is 2. The number of nitrogens with zero attached hydrogens (tertiary/aromatic N) is 3. The molecule has 0 N–H and O–H groups in total. The first kappa shape index (κ1) is 23.7. The summed E-state index contributed by atoms with van der Waals surface area (Å²) in [6.07, 6.45) is 3.16. The second-order valence-electron chi connectivity index (χ2n) is 9.76. The van der Waals surface area contributed by atoms with Crippen LogP contribution in [0.1, 0.15) is 68.0 Å². The number of carbonyl (C=O) groups is 1. The van der Waals surface area contributed by atoms with E-state index in [0.717, 1.165) is 53.1 Å². The summed E-state index contributed by atoms with van der Waals surface area (Å²) in [5.41, 5.74) is 5.93. The molecule has 0 aliphatic heterocycles. The molecule has 0 aliphatic rings. The Bertz CT molecular complexity index is 1300. The Morgan fingerprint density at radius 2 is 1.71 bits per heavy atom. The number of esters is 1. The van der Waals surface area contributed by atoms with Gasteiger partial charge in [-0.2, -0.15) is 0 Å². The van der Waals surface area contributed by atoms with E-state index in [-0.39, 0.29) is 5.97 Å². The molecule has 2 aromatic carbocycles. The lowest BCUT2D eigenvalue weighted by Gasteiger charge is -2.20. The van der Waals surface area contributed by atoms with E-state index >= 15 is 0 Å². The zero-order chi connectivity index (χ0) is 24.3. The van der Waals surface area contributed by atoms with E-state index in [4.69, 9.17) is 14.7 Å². The largest absolute Gasteiger partial charge is 0.456 e. The second-order valence-corrected chi connectivity index (χ2v) is 9.76. The van der Waals surface area contributed by atoms with Gasteiger partial charge in [0.25, 0.3) is 0 Å². The van der Waals surface area contributed by atoms with Gasteiger partial charge in [0.1, 0.15) is 16.9 Å². The molecule has 0 saturated carbocycles. The average molecular weight is 456 g/mol. The molecule has 34 heavy (non-hydrogen) atoms. The minimum absolute atomic E-state index is 0.306. The van der Waals surface area contributed by atoms with Crippen LogP contribution in [0.3, 0.4) is 0 Å². The fourth-order valence-electron chi connectivity index (χ4n) is 4.05. The monoisotopic (exact) mass is 455 g/mol. The van der Waals surface area contributed by atoms with Crippen LogP contribution >= 0.6 is 0 Å². The van der Waals surface area contributed by atoms with Crippen molar-refractivity contribution >= 4 is 17.1 Å². The molecule has 0 bridgehead atoms. The number of unbranched alkanes of at least 4 members (excludes halogenated alkanes) is 1. The smallest absolute Gasteiger partial charge is 0.339 e. The number of rotatable bonds is 7. The first-order chi connectivity index (χ1) is 16.2. The van der Waals surface area contributed by atoms with Crippen LogP contribution in [0.4, 0.5) is 0 Å². The van der Waals surface area contributed by atoms with Crippen molar-refractivity contribution in [2.75, 3.05) is 0 Å². The number of hydrogen-bond acceptors (Lipinski definition) is 4. The van der Waals surface area contributed by atoms with Crippen LogP contribution in [0.2, 0.25) is 0 Å². The summed E-state index contributed by atoms with van der Waals surface area (Å²) in [7, 11) is 0. The van der Waals surface area contributed by atoms with Gasteiger partial charge in [0.2, 0.25) is 0 Å². The van der Waals surface area contributed by atoms with Crippen LogP contribution in [0, 0.1) is 6.92 Å². The lowest BCUT2D eigenvalue weighted by molar-refractivity contribution is 0.00704. The Balaban J connectivity index is 1.64. The molecule has 0 spiro atoms. The van der Waals surface area contributed by atoms with Crippen LogP contribution in [-0.4, -0.2) is 26.1 Å². The van der Waals surface area contributed by atoms with Gasteiger partial charge in [-0.1, -0.05) is 55.8 Å². The quantitative estimate of drug-likeness (QED) is 0.289. The summed E-state index contributed by atoms with van der Waals surface area (Å²) >= 11 is 0. The third-order valence-electron chi connectivity index (χ3n) is 5.72. The molecule has 0 saturated heterocycles. The van der Waals surface area contributed by atoms with Crippen LogP contribution in [0.15, 0.2) is 60.7 Å². The van der Waals surface area contributed by atoms with Gasteiger partial charge in [-0.15, -0.1) is 0 Å². The van der Waals surface area contributed by atoms with E-state index in [0.29, 0.717) is 12.1 Å². The van der Waals surface area contributed by atoms with Crippen molar-refractivity contribution in [3.05, 3.63) is 83.3 Å². The molecule has 0 unspecified atom stereocenters. The van der Waals surface area contributed by atoms with E-state index in [1.54, 1.807) is 0 Å². The number of pyridine rings is 1. The fourth-order valence-corrected chi connectivity index (χ4v) is 4.05. The standard InChI is InChI=1S/C29H33N3O2/c1-6-7-12-26-31-25-18-13-20(2)30-27(25)32(26)19-21-14-16-22(17-15-21)23-10-8-9-11-24(23)28(33)34-29(3,4)5/h8-11,13-18H,6-7,12,19H2,1-5H3. The first-order valence-corrected chi connectivity index (χ1v) is 12.0. The first-order valence-electron chi connectivity index (χ1n) is 12.0. The van der Waals surface area contributed by atoms with Crippen LogP contribution in [0.25, 0.3) is 22.3 Å². The molecule has 0 aliphatic carbocycles. The van der Waals surface area contributed by atoms with Gasteiger partial charge >= 0.3 is 5.97 Å². The maximum atomic E-state index is 12.8. The fraction of sp³-hybridized carbons (Fsp3) is 0.345. The summed E-state index contributed by atoms with van der Waals surface area (Å²) in [6, 6.07) is 20.1. The molecule has 0 fully saturated rings. The highest BCUT2D eigenvalue weighted by Crippen LogP contribution is 2.27. The van der Waals surface area contributed by atoms with Crippen molar-refractivity contribution < 1.29 is 9.53 Å². The highest BCUT2D eigenvalue weighted by Gasteiger charge is 2.20. The van der Waals surface area contributed by atoms with E-state index in [9.17, 15) is 4.79 Å². The van der Waals surface area contributed by atoms with Gasteiger partial charge in [-0.25, -0.2) is 14.8 Å². The van der Waals surface area contributed by atoms with Crippen molar-refractivity contribution in [3.8, 4) is 11.1 Å². The Kier molecular flexibility index (Phi) is 6.82. The van der Waals surface area contributed by atoms with Crippen molar-refractivity contribution in [3.63, 3.8) is 0 Å². The molecule has 2 heterocycles. The number of carbonyl (C=O) groups excluding carboxylic acids is 1. The predicted molar refractivity (Wildman–Crippen MR) is 137 cm³/mol. The summed E-state index contributed by atoms with van der Waals surface area (Å²) < 4.78 is 7.86. The minimum Gasteiger partial charge on any atom is -0.456 e. The van der Waals surface area contributed by atoms with Gasteiger partial charge < -0.3 is 9.30 Å². The molecule has 5 heteroatoms. The minimum atomic E-state index is -0.538. The lowest BCUT2D eigenvalue weighted by atomic mass is 9.98. The summed E-state index contributed by atoms with van der Waals surface area (Å²) in [5.74, 6) is 0.772. The lowest BCUT2D eigenvalue weighted by Crippen LogP contribution is -2.24. The number of fused-ring (bicyclic) bond motifs is 1. The maximum Gasteiger partial charge on any atom is 0.339 e. The summed E-state index contributed by atoms with van der Waals surface area (Å²) in [5, 5.41) is 0. The SMILES string of the molecule is CCCCc1nc2ccc(C)nc2n1Cc1ccc(-c2ccccc2C(=O)OC(C)(C)C)cc1. The van der Waals surface area contributed by atoms with Crippen LogP contribution in [0.5, 0.6) is 0 Å². The van der Waals surface area contributed by atoms with E-state index in [1.165, 1.54) is 5.56 Å². The number of aryl methyl sites for hydroxylation is 2. The van der Waals surface area contributed by atoms with Gasteiger partial charge in [0.15, 0.2) is 5.65 Å². The zero-order valence-corrected chi connectivity index (χ0v) is 20.8. The van der Waals surface area contributed by atoms with Gasteiger partial charge in [-0.3, -0.25) is 0 Å². The highest BCUT2D eigenvalue weighted by molar-refractivity contribution is 5.97. The average Bonchev–Trinajstić information content (AvgIpc) is 3.13. The topological polar surface area (TPSA) is 57.0 Å². The summed E-state index contributed by atoms with van der Waals surface area (Å²) in [4.78, 5) is 22.4. The van der Waals surface area contributed by atoms with E-state index in [2.05, 4.69) is 41.8 Å². The van der Waals surface area contributed by atoms with Crippen molar-refractivity contribution in [1.29, 1.82) is 0 Å². The van der Waals surface area contributed by atoms with E-state index in [1.807, 2.05) is 58.0 Å². The highest BCUT2D eigenvalue weighted by atomic mass is 16.6. The van der Waals surface area contributed by atoms with Crippen molar-refractivity contribution in [2.45, 2.75) is 66.0 Å². The number of hydrogen-bond donors (Lipinski definition) is 0. The predicted octanol–water partition coefficient (Wildman–Crippen LogP) is 6.75. The molecular formula is C29H33N3O2. The Hall–Kier alpha value is -3.47. The Labute approximate surface area is 201 Å². The molecule has 5 nitrogen and oxygen atoms in total. The maximum absolute atomic E-state index is 12.8. The van der Waals surface area contributed by atoms with Crippen LogP contribution in [-0.2, 0) is 17.7 Å². The van der Waals surface area contributed by atoms with E-state index < -0.39 is 5.60 Å².